The third-order valence-corrected chi connectivity index (χ3v) is 11.4. The van der Waals surface area contributed by atoms with Crippen LogP contribution in [0, 0.1) is 5.92 Å². The van der Waals surface area contributed by atoms with Gasteiger partial charge in [-0.3, -0.25) is 4.79 Å². The fourth-order valence-corrected chi connectivity index (χ4v) is 8.35. The molecule has 2 aromatic carbocycles. The number of fused-ring (bicyclic) bond motifs is 4. The molecule has 0 spiro atoms. The number of carbonyl (C=O) groups excluding carboxylic acids is 1. The molecule has 0 unspecified atom stereocenters. The molecule has 5 heterocycles. The molecule has 2 bridgehead atoms. The van der Waals surface area contributed by atoms with Gasteiger partial charge in [0.2, 0.25) is 0 Å². The molecule has 0 saturated heterocycles. The van der Waals surface area contributed by atoms with Crippen LogP contribution in [0.15, 0.2) is 81.8 Å². The molecule has 292 valence electrons. The van der Waals surface area contributed by atoms with E-state index >= 15 is 0 Å². The van der Waals surface area contributed by atoms with Gasteiger partial charge in [-0.25, -0.2) is 14.8 Å². The smallest absolute Gasteiger partial charge is 0.334 e. The molecule has 3 aromatic heterocycles. The lowest BCUT2D eigenvalue weighted by Crippen LogP contribution is -2.57. The van der Waals surface area contributed by atoms with Crippen LogP contribution in [-0.2, 0) is 41.8 Å². The highest BCUT2D eigenvalue weighted by Gasteiger charge is 2.52. The van der Waals surface area contributed by atoms with Crippen LogP contribution in [-0.4, -0.2) is 56.6 Å². The number of aliphatic hydroxyl groups is 1. The van der Waals surface area contributed by atoms with E-state index in [9.17, 15) is 24.9 Å². The number of phenols is 2. The molecule has 13 nitrogen and oxygen atoms in total. The molecule has 8 N–H and O–H groups in total. The van der Waals surface area contributed by atoms with Crippen molar-refractivity contribution in [1.82, 2.24) is 15.3 Å². The number of nitrogens with zero attached hydrogens (tertiary/aromatic N) is 2. The van der Waals surface area contributed by atoms with Gasteiger partial charge in [0.15, 0.2) is 5.43 Å². The van der Waals surface area contributed by atoms with Crippen molar-refractivity contribution >= 4 is 28.6 Å². The Labute approximate surface area is 324 Å². The van der Waals surface area contributed by atoms with Crippen molar-refractivity contribution in [2.75, 3.05) is 25.1 Å². The van der Waals surface area contributed by atoms with E-state index in [0.717, 1.165) is 28.3 Å². The fraction of sp³-hybridized carbons (Fsp3) is 0.349. The van der Waals surface area contributed by atoms with E-state index in [4.69, 9.17) is 25.4 Å². The van der Waals surface area contributed by atoms with Crippen LogP contribution in [0.3, 0.4) is 0 Å². The molecule has 0 fully saturated rings. The van der Waals surface area contributed by atoms with Crippen molar-refractivity contribution in [2.45, 2.75) is 76.6 Å². The number of rotatable bonds is 10. The normalized spacial score (nSPS) is 20.6. The number of ether oxygens (including phenoxy) is 2. The Hall–Kier alpha value is -5.92. The number of nitrogens with two attached hydrogens (primary N) is 2. The predicted molar refractivity (Wildman–Crippen MR) is 211 cm³/mol. The summed E-state index contributed by atoms with van der Waals surface area (Å²) in [7, 11) is 1.81. The molecule has 13 heteroatoms. The number of pyridine rings is 2. The van der Waals surface area contributed by atoms with Crippen LogP contribution < -0.4 is 26.9 Å². The van der Waals surface area contributed by atoms with Crippen molar-refractivity contribution in [3.05, 3.63) is 122 Å². The van der Waals surface area contributed by atoms with E-state index in [2.05, 4.69) is 15.3 Å². The predicted octanol–water partition coefficient (Wildman–Crippen LogP) is 4.99. The molecule has 56 heavy (non-hydrogen) atoms. The van der Waals surface area contributed by atoms with Crippen molar-refractivity contribution in [3.63, 3.8) is 0 Å². The highest BCUT2D eigenvalue weighted by Crippen LogP contribution is 2.54. The van der Waals surface area contributed by atoms with Crippen LogP contribution in [0.1, 0.15) is 71.7 Å². The van der Waals surface area contributed by atoms with Gasteiger partial charge in [-0.15, -0.1) is 0 Å². The number of nitrogen functional groups attached to an aromatic ring is 2. The second-order valence-electron chi connectivity index (χ2n) is 14.8. The number of nitrogens with one attached hydrogen (secondary N) is 1. The van der Waals surface area contributed by atoms with Gasteiger partial charge in [-0.2, -0.15) is 0 Å². The molecule has 0 aliphatic carbocycles. The average molecular weight is 762 g/mol. The Morgan fingerprint density at radius 2 is 1.91 bits per heavy atom. The number of aliphatic hydroxyl groups excluding tert-OH is 1. The van der Waals surface area contributed by atoms with E-state index < -0.39 is 35.6 Å². The van der Waals surface area contributed by atoms with Gasteiger partial charge in [0.1, 0.15) is 63.9 Å². The number of carbonyl (C=O) groups is 1. The summed E-state index contributed by atoms with van der Waals surface area (Å²) in [6, 6.07) is 13.6. The summed E-state index contributed by atoms with van der Waals surface area (Å²) < 4.78 is 20.1. The van der Waals surface area contributed by atoms with Gasteiger partial charge in [0, 0.05) is 53.4 Å². The molecule has 2 aliphatic rings. The van der Waals surface area contributed by atoms with E-state index in [1.807, 2.05) is 25.1 Å². The number of esters is 1. The maximum absolute atomic E-state index is 14.0. The number of benzene rings is 2. The lowest BCUT2D eigenvalue weighted by atomic mass is 9.71. The molecule has 7 rings (SSSR count). The Kier molecular flexibility index (Phi) is 10.7. The van der Waals surface area contributed by atoms with Crippen molar-refractivity contribution in [2.24, 2.45) is 5.92 Å². The molecule has 0 amide bonds. The Morgan fingerprint density at radius 1 is 1.09 bits per heavy atom. The minimum atomic E-state index is -1.24. The first kappa shape index (κ1) is 38.4. The molecule has 5 aromatic rings. The van der Waals surface area contributed by atoms with Gasteiger partial charge in [-0.1, -0.05) is 24.3 Å². The Balaban J connectivity index is 1.54. The van der Waals surface area contributed by atoms with Crippen LogP contribution in [0.2, 0.25) is 0 Å². The van der Waals surface area contributed by atoms with E-state index in [1.54, 1.807) is 56.7 Å². The first-order valence-corrected chi connectivity index (χ1v) is 18.8. The second-order valence-corrected chi connectivity index (χ2v) is 14.8. The Morgan fingerprint density at radius 3 is 2.62 bits per heavy atom. The highest BCUT2D eigenvalue weighted by molar-refractivity contribution is 5.92. The van der Waals surface area contributed by atoms with Gasteiger partial charge in [0.05, 0.1) is 0 Å². The second kappa shape index (κ2) is 15.7. The summed E-state index contributed by atoms with van der Waals surface area (Å²) in [5, 5.41) is 35.8. The molecule has 0 saturated carbocycles. The summed E-state index contributed by atoms with van der Waals surface area (Å²) in [6.07, 6.45) is 6.29. The highest BCUT2D eigenvalue weighted by atomic mass is 16.6. The zero-order valence-corrected chi connectivity index (χ0v) is 31.7. The fourth-order valence-electron chi connectivity index (χ4n) is 8.35. The lowest BCUT2D eigenvalue weighted by molar-refractivity contribution is -0.165. The van der Waals surface area contributed by atoms with Gasteiger partial charge >= 0.3 is 5.97 Å². The van der Waals surface area contributed by atoms with Crippen molar-refractivity contribution < 1.29 is 34.0 Å². The molecular weight excluding hydrogens is 714 g/mol. The summed E-state index contributed by atoms with van der Waals surface area (Å²) in [5.41, 5.74) is 15.4. The number of allylic oxidation sites excluding steroid dienone is 1. The minimum absolute atomic E-state index is 0.000298. The topological polar surface area (TPSA) is 216 Å². The average Bonchev–Trinajstić information content (AvgIpc) is 3.17. The molecule has 0 radical (unpaired) electrons. The van der Waals surface area contributed by atoms with Crippen LogP contribution >= 0.6 is 0 Å². The number of phenolic OH excluding ortho intramolecular Hbond substituents is 2. The van der Waals surface area contributed by atoms with E-state index in [0.29, 0.717) is 61.4 Å². The SMILES string of the molecule is C/C=C(/CCNC)C(=O)O[C@@H]1Cc2c3c(c4oc(CO)cc(=O)c4c2O)[C@@H](Cc2cccc(O)c2)c2ccnc(N)c2CC[C@@H](Cc2ccc(N)nc2)[C@]1(C)O3. The van der Waals surface area contributed by atoms with E-state index in [1.165, 1.54) is 0 Å². The maximum Gasteiger partial charge on any atom is 0.334 e. The first-order chi connectivity index (χ1) is 26.9. The summed E-state index contributed by atoms with van der Waals surface area (Å²) in [5.74, 6) is -0.787. The molecule has 4 atom stereocenters. The summed E-state index contributed by atoms with van der Waals surface area (Å²) in [4.78, 5) is 36.7. The van der Waals surface area contributed by atoms with Crippen LogP contribution in [0.4, 0.5) is 11.6 Å². The number of anilines is 2. The first-order valence-electron chi connectivity index (χ1n) is 18.8. The minimum Gasteiger partial charge on any atom is -0.508 e. The number of aromatic hydroxyl groups is 2. The standard InChI is InChI=1S/C43H47N5O8/c1-4-25(12-14-46-3)42(53)55-34-20-32-38(52)37-33(51)19-28(22-49)54-40(37)36-31(18-23-6-5-7-27(50)17-23)29-13-15-47-41(45)30(29)10-9-26(43(34,2)56-39(32)36)16-24-8-11-35(44)48-21-24/h4-8,11,13,15,17,19,21,26,31,34,46,49-50,52H,9-10,12,14,16,18,20,22H2,1-3H3,(H2,44,48)(H2,45,47)/b25-4-/t26-,31-,34+,43-/m0/s1. The largest absolute Gasteiger partial charge is 0.508 e. The summed E-state index contributed by atoms with van der Waals surface area (Å²) in [6.45, 7) is 3.69. The zero-order valence-electron chi connectivity index (χ0n) is 31.7. The Bertz CT molecular complexity index is 2380. The molecular formula is C43H47N5O8. The molecule has 2 aliphatic heterocycles. The van der Waals surface area contributed by atoms with Gasteiger partial charge in [-0.05, 0) is 106 Å². The number of hydrogen-bond donors (Lipinski definition) is 6. The maximum atomic E-state index is 14.0. The third-order valence-electron chi connectivity index (χ3n) is 11.4. The third kappa shape index (κ3) is 7.15. The quantitative estimate of drug-likeness (QED) is 0.0818. The number of aromatic nitrogens is 2. The van der Waals surface area contributed by atoms with Gasteiger partial charge in [0.25, 0.3) is 0 Å². The van der Waals surface area contributed by atoms with Crippen molar-refractivity contribution in [3.8, 4) is 17.2 Å². The summed E-state index contributed by atoms with van der Waals surface area (Å²) >= 11 is 0. The van der Waals surface area contributed by atoms with Crippen LogP contribution in [0.5, 0.6) is 17.2 Å². The van der Waals surface area contributed by atoms with Crippen molar-refractivity contribution in [1.29, 1.82) is 0 Å². The monoisotopic (exact) mass is 761 g/mol. The lowest BCUT2D eigenvalue weighted by Gasteiger charge is -2.48. The zero-order chi connectivity index (χ0) is 39.7. The van der Waals surface area contributed by atoms with Crippen LogP contribution in [0.25, 0.3) is 11.0 Å². The number of hydrogen-bond acceptors (Lipinski definition) is 13. The van der Waals surface area contributed by atoms with Gasteiger partial charge < -0.3 is 46.0 Å². The van der Waals surface area contributed by atoms with E-state index in [-0.39, 0.29) is 51.9 Å².